The van der Waals surface area contributed by atoms with E-state index in [9.17, 15) is 13.2 Å². The summed E-state index contributed by atoms with van der Waals surface area (Å²) in [6.07, 6.45) is 1.34. The summed E-state index contributed by atoms with van der Waals surface area (Å²) >= 11 is 0. The van der Waals surface area contributed by atoms with E-state index < -0.39 is 15.9 Å². The van der Waals surface area contributed by atoms with Gasteiger partial charge in [-0.05, 0) is 19.1 Å². The fourth-order valence-corrected chi connectivity index (χ4v) is 3.32. The highest BCUT2D eigenvalue weighted by Crippen LogP contribution is 2.25. The van der Waals surface area contributed by atoms with Crippen molar-refractivity contribution < 1.29 is 13.2 Å². The molecule has 1 N–H and O–H groups in total. The van der Waals surface area contributed by atoms with Crippen LogP contribution >= 0.6 is 0 Å². The molecule has 2 aromatic rings. The molecule has 118 valence electrons. The van der Waals surface area contributed by atoms with E-state index in [0.29, 0.717) is 0 Å². The van der Waals surface area contributed by atoms with Gasteiger partial charge in [-0.15, -0.1) is 0 Å². The molecule has 0 bridgehead atoms. The molecule has 8 heteroatoms. The van der Waals surface area contributed by atoms with Crippen molar-refractivity contribution in [2.45, 2.75) is 11.8 Å². The Kier molecular flexibility index (Phi) is 4.23. The summed E-state index contributed by atoms with van der Waals surface area (Å²) in [6.45, 7) is 1.88. The number of amides is 1. The van der Waals surface area contributed by atoms with Crippen LogP contribution in [0.2, 0.25) is 0 Å². The number of benzene rings is 1. The molecule has 0 atom stereocenters. The second-order valence-electron chi connectivity index (χ2n) is 4.87. The number of carbonyl (C=O) groups excluding carboxylic acids is 1. The molecule has 0 saturated carbocycles. The smallest absolute Gasteiger partial charge is 0.265 e. The number of rotatable bonds is 4. The van der Waals surface area contributed by atoms with Gasteiger partial charge in [0, 0.05) is 21.1 Å². The lowest BCUT2D eigenvalue weighted by atomic mass is 10.2. The Morgan fingerprint density at radius 1 is 1.27 bits per heavy atom. The van der Waals surface area contributed by atoms with Crippen LogP contribution in [0.5, 0.6) is 0 Å². The average molecular weight is 322 g/mol. The Morgan fingerprint density at radius 3 is 2.41 bits per heavy atom. The first-order valence-electron chi connectivity index (χ1n) is 6.58. The van der Waals surface area contributed by atoms with Crippen molar-refractivity contribution in [1.29, 1.82) is 0 Å². The van der Waals surface area contributed by atoms with Gasteiger partial charge in [-0.25, -0.2) is 8.42 Å². The Balaban J connectivity index is 2.52. The molecule has 1 heterocycles. The van der Waals surface area contributed by atoms with E-state index in [0.717, 1.165) is 9.87 Å². The summed E-state index contributed by atoms with van der Waals surface area (Å²) in [5, 5.41) is 6.45. The number of anilines is 1. The van der Waals surface area contributed by atoms with Crippen molar-refractivity contribution in [3.63, 3.8) is 0 Å². The third-order valence-electron chi connectivity index (χ3n) is 3.36. The van der Waals surface area contributed by atoms with Crippen LogP contribution in [0.15, 0.2) is 35.4 Å². The third-order valence-corrected chi connectivity index (χ3v) is 5.12. The van der Waals surface area contributed by atoms with Gasteiger partial charge in [-0.1, -0.05) is 17.7 Å². The first-order chi connectivity index (χ1) is 10.3. The second kappa shape index (κ2) is 5.80. The maximum atomic E-state index is 12.7. The number of nitrogens with zero attached hydrogens (tertiary/aromatic N) is 3. The Bertz CT molecular complexity index is 794. The van der Waals surface area contributed by atoms with Gasteiger partial charge in [-0.2, -0.15) is 5.10 Å². The number of carbonyl (C=O) groups is 1. The van der Waals surface area contributed by atoms with E-state index in [4.69, 9.17) is 0 Å². The van der Waals surface area contributed by atoms with Crippen LogP contribution in [0.1, 0.15) is 15.9 Å². The van der Waals surface area contributed by atoms with Crippen molar-refractivity contribution in [1.82, 2.24) is 15.1 Å². The monoisotopic (exact) mass is 322 g/mol. The molecule has 0 aliphatic heterocycles. The highest BCUT2D eigenvalue weighted by atomic mass is 32.2. The van der Waals surface area contributed by atoms with Crippen LogP contribution in [0.25, 0.3) is 0 Å². The van der Waals surface area contributed by atoms with Crippen molar-refractivity contribution in [2.24, 2.45) is 7.05 Å². The van der Waals surface area contributed by atoms with Crippen molar-refractivity contribution in [3.8, 4) is 0 Å². The van der Waals surface area contributed by atoms with Crippen LogP contribution in [0, 0.1) is 6.92 Å². The first-order valence-corrected chi connectivity index (χ1v) is 8.02. The van der Waals surface area contributed by atoms with Crippen molar-refractivity contribution in [2.75, 3.05) is 18.4 Å². The maximum absolute atomic E-state index is 12.7. The second-order valence-corrected chi connectivity index (χ2v) is 6.84. The van der Waals surface area contributed by atoms with Crippen LogP contribution in [-0.4, -0.2) is 38.2 Å². The molecule has 22 heavy (non-hydrogen) atoms. The van der Waals surface area contributed by atoms with E-state index in [1.807, 2.05) is 6.92 Å². The molecule has 2 rings (SSSR count). The largest absolute Gasteiger partial charge is 0.355 e. The van der Waals surface area contributed by atoms with Gasteiger partial charge in [0.2, 0.25) is 0 Å². The van der Waals surface area contributed by atoms with Crippen LogP contribution in [0.4, 0.5) is 5.82 Å². The SMILES string of the molecule is CNC(=O)c1cnn(C)c1N(C)S(=O)(=O)c1ccc(C)cc1. The molecule has 7 nitrogen and oxygen atoms in total. The number of aromatic nitrogens is 2. The average Bonchev–Trinajstić information content (AvgIpc) is 2.87. The normalized spacial score (nSPS) is 11.3. The maximum Gasteiger partial charge on any atom is 0.265 e. The van der Waals surface area contributed by atoms with Gasteiger partial charge in [-0.3, -0.25) is 13.8 Å². The van der Waals surface area contributed by atoms with E-state index in [2.05, 4.69) is 10.4 Å². The molecular formula is C14H18N4O3S. The molecule has 1 aromatic heterocycles. The highest BCUT2D eigenvalue weighted by Gasteiger charge is 2.28. The minimum absolute atomic E-state index is 0.157. The zero-order chi connectivity index (χ0) is 16.5. The van der Waals surface area contributed by atoms with E-state index >= 15 is 0 Å². The molecule has 0 fully saturated rings. The molecule has 0 spiro atoms. The fraction of sp³-hybridized carbons (Fsp3) is 0.286. The van der Waals surface area contributed by atoms with Gasteiger partial charge in [0.05, 0.1) is 11.1 Å². The quantitative estimate of drug-likeness (QED) is 0.907. The Morgan fingerprint density at radius 2 is 1.86 bits per heavy atom. The molecule has 1 aromatic carbocycles. The van der Waals surface area contributed by atoms with E-state index in [1.165, 1.54) is 37.1 Å². The van der Waals surface area contributed by atoms with Gasteiger partial charge < -0.3 is 5.32 Å². The van der Waals surface area contributed by atoms with E-state index in [1.54, 1.807) is 19.2 Å². The number of hydrogen-bond acceptors (Lipinski definition) is 4. The molecule has 0 radical (unpaired) electrons. The highest BCUT2D eigenvalue weighted by molar-refractivity contribution is 7.92. The Hall–Kier alpha value is -2.35. The molecule has 0 aliphatic carbocycles. The molecule has 0 unspecified atom stereocenters. The molecule has 1 amide bonds. The van der Waals surface area contributed by atoms with Gasteiger partial charge >= 0.3 is 0 Å². The lowest BCUT2D eigenvalue weighted by Gasteiger charge is -2.20. The third kappa shape index (κ3) is 2.69. The van der Waals surface area contributed by atoms with Crippen LogP contribution in [-0.2, 0) is 17.1 Å². The molecule has 0 saturated heterocycles. The summed E-state index contributed by atoms with van der Waals surface area (Å²) in [5.74, 6) is -0.186. The number of aryl methyl sites for hydroxylation is 2. The standard InChI is InChI=1S/C14H18N4O3S/c1-10-5-7-11(8-6-10)22(20,21)18(4)14-12(13(19)15-2)9-16-17(14)3/h5-9H,1-4H3,(H,15,19). The summed E-state index contributed by atoms with van der Waals surface area (Å²) in [7, 11) is 0.694. The molecular weight excluding hydrogens is 304 g/mol. The number of sulfonamides is 1. The lowest BCUT2D eigenvalue weighted by Crippen LogP contribution is -2.31. The number of hydrogen-bond donors (Lipinski definition) is 1. The zero-order valence-electron chi connectivity index (χ0n) is 12.9. The number of nitrogens with one attached hydrogen (secondary N) is 1. The summed E-state index contributed by atoms with van der Waals surface area (Å²) < 4.78 is 27.8. The Labute approximate surface area is 129 Å². The van der Waals surface area contributed by atoms with Gasteiger partial charge in [0.15, 0.2) is 5.82 Å². The van der Waals surface area contributed by atoms with Gasteiger partial charge in [0.1, 0.15) is 5.56 Å². The lowest BCUT2D eigenvalue weighted by molar-refractivity contribution is 0.0963. The van der Waals surface area contributed by atoms with Crippen LogP contribution < -0.4 is 9.62 Å². The van der Waals surface area contributed by atoms with Crippen LogP contribution in [0.3, 0.4) is 0 Å². The minimum Gasteiger partial charge on any atom is -0.355 e. The first kappa shape index (κ1) is 16.0. The topological polar surface area (TPSA) is 84.3 Å². The zero-order valence-corrected chi connectivity index (χ0v) is 13.7. The summed E-state index contributed by atoms with van der Waals surface area (Å²) in [5.41, 5.74) is 1.16. The minimum atomic E-state index is -3.77. The summed E-state index contributed by atoms with van der Waals surface area (Å²) in [4.78, 5) is 12.0. The molecule has 0 aliphatic rings. The summed E-state index contributed by atoms with van der Waals surface area (Å²) in [6, 6.07) is 6.53. The van der Waals surface area contributed by atoms with Gasteiger partial charge in [0.25, 0.3) is 15.9 Å². The predicted molar refractivity (Wildman–Crippen MR) is 83.4 cm³/mol. The predicted octanol–water partition coefficient (Wildman–Crippen LogP) is 0.913. The fourth-order valence-electron chi connectivity index (χ4n) is 2.08. The van der Waals surface area contributed by atoms with Crippen molar-refractivity contribution >= 4 is 21.7 Å². The van der Waals surface area contributed by atoms with E-state index in [-0.39, 0.29) is 16.3 Å². The van der Waals surface area contributed by atoms with Crippen molar-refractivity contribution in [3.05, 3.63) is 41.6 Å².